The molecule has 3 rings (SSSR count). The molecule has 0 saturated carbocycles. The number of benzene rings is 1. The molecule has 2 aromatic rings. The van der Waals surface area contributed by atoms with Crippen LogP contribution in [-0.2, 0) is 23.0 Å². The quantitative estimate of drug-likeness (QED) is 0.856. The molecule has 0 spiro atoms. The van der Waals surface area contributed by atoms with E-state index in [4.69, 9.17) is 5.73 Å². The zero-order valence-electron chi connectivity index (χ0n) is 13.2. The summed E-state index contributed by atoms with van der Waals surface area (Å²) < 4.78 is 29.2. The number of sulfonamides is 1. The van der Waals surface area contributed by atoms with E-state index in [0.717, 1.165) is 18.4 Å². The van der Waals surface area contributed by atoms with E-state index in [0.29, 0.717) is 30.3 Å². The first kappa shape index (κ1) is 17.6. The summed E-state index contributed by atoms with van der Waals surface area (Å²) in [5, 5.41) is 0.0992. The summed E-state index contributed by atoms with van der Waals surface area (Å²) >= 11 is 0. The van der Waals surface area contributed by atoms with Crippen LogP contribution in [0, 0.1) is 6.92 Å². The molecule has 0 atom stereocenters. The number of nitrogen functional groups attached to an aromatic ring is 1. The van der Waals surface area contributed by atoms with E-state index in [1.165, 1.54) is 4.31 Å². The number of anilines is 2. The highest BCUT2D eigenvalue weighted by atomic mass is 35.5. The molecule has 23 heavy (non-hydrogen) atoms. The van der Waals surface area contributed by atoms with Gasteiger partial charge in [0.15, 0.2) is 5.03 Å². The van der Waals surface area contributed by atoms with E-state index in [9.17, 15) is 8.42 Å². The maximum Gasteiger partial charge on any atom is 0.283 e. The van der Waals surface area contributed by atoms with Crippen LogP contribution in [0.2, 0.25) is 0 Å². The van der Waals surface area contributed by atoms with E-state index in [2.05, 4.69) is 4.98 Å². The lowest BCUT2D eigenvalue weighted by Gasteiger charge is -2.30. The molecule has 0 aliphatic carbocycles. The Bertz CT molecular complexity index is 817. The van der Waals surface area contributed by atoms with Gasteiger partial charge in [0.05, 0.1) is 5.69 Å². The Morgan fingerprint density at radius 2 is 2.09 bits per heavy atom. The third kappa shape index (κ3) is 2.90. The molecule has 0 fully saturated rings. The van der Waals surface area contributed by atoms with Crippen LogP contribution in [0.1, 0.15) is 24.7 Å². The number of imidazole rings is 1. The van der Waals surface area contributed by atoms with Crippen LogP contribution in [-0.4, -0.2) is 24.5 Å². The lowest BCUT2D eigenvalue weighted by molar-refractivity contribution is 0.583. The Hall–Kier alpha value is -1.73. The summed E-state index contributed by atoms with van der Waals surface area (Å²) in [6, 6.07) is 5.41. The Labute approximate surface area is 142 Å². The Morgan fingerprint density at radius 1 is 1.35 bits per heavy atom. The smallest absolute Gasteiger partial charge is 0.283 e. The first-order valence-electron chi connectivity index (χ1n) is 7.39. The monoisotopic (exact) mass is 356 g/mol. The minimum Gasteiger partial charge on any atom is -0.398 e. The molecular formula is C15H21ClN4O2S. The van der Waals surface area contributed by atoms with Gasteiger partial charge in [0.25, 0.3) is 10.0 Å². The molecule has 0 amide bonds. The van der Waals surface area contributed by atoms with Gasteiger partial charge >= 0.3 is 0 Å². The van der Waals surface area contributed by atoms with Crippen molar-refractivity contribution in [3.8, 4) is 0 Å². The molecule has 2 N–H and O–H groups in total. The number of nitrogens with zero attached hydrogens (tertiary/aromatic N) is 3. The SMILES string of the molecule is CCn1cc(S(=O)(=O)N2CCCc3c(N)cccc32)nc1C.Cl. The number of aromatic nitrogens is 2. The van der Waals surface area contributed by atoms with Gasteiger partial charge in [0.1, 0.15) is 5.82 Å². The minimum atomic E-state index is -3.66. The highest BCUT2D eigenvalue weighted by molar-refractivity contribution is 7.92. The zero-order chi connectivity index (χ0) is 15.9. The van der Waals surface area contributed by atoms with Gasteiger partial charge in [0.2, 0.25) is 0 Å². The Morgan fingerprint density at radius 3 is 2.74 bits per heavy atom. The number of aryl methyl sites for hydroxylation is 2. The van der Waals surface area contributed by atoms with Crippen molar-refractivity contribution in [2.75, 3.05) is 16.6 Å². The standard InChI is InChI=1S/C15H20N4O2S.ClH/c1-3-18-10-15(17-11(18)2)22(20,21)19-9-5-6-12-13(16)7-4-8-14(12)19;/h4,7-8,10H,3,5-6,9,16H2,1-2H3;1H. The predicted molar refractivity (Wildman–Crippen MR) is 93.6 cm³/mol. The van der Waals surface area contributed by atoms with Gasteiger partial charge in [-0.3, -0.25) is 4.31 Å². The molecular weight excluding hydrogens is 336 g/mol. The molecule has 0 bridgehead atoms. The number of hydrogen-bond donors (Lipinski definition) is 1. The average molecular weight is 357 g/mol. The van der Waals surface area contributed by atoms with Crippen LogP contribution in [0.5, 0.6) is 0 Å². The lowest BCUT2D eigenvalue weighted by Crippen LogP contribution is -2.36. The van der Waals surface area contributed by atoms with E-state index >= 15 is 0 Å². The van der Waals surface area contributed by atoms with Crippen molar-refractivity contribution < 1.29 is 8.42 Å². The van der Waals surface area contributed by atoms with E-state index in [1.54, 1.807) is 12.3 Å². The fourth-order valence-corrected chi connectivity index (χ4v) is 4.44. The minimum absolute atomic E-state index is 0. The number of fused-ring (bicyclic) bond motifs is 1. The molecule has 2 heterocycles. The first-order chi connectivity index (χ1) is 10.4. The fraction of sp³-hybridized carbons (Fsp3) is 0.400. The summed E-state index contributed by atoms with van der Waals surface area (Å²) in [5.41, 5.74) is 8.22. The number of hydrogen-bond acceptors (Lipinski definition) is 4. The summed E-state index contributed by atoms with van der Waals surface area (Å²) in [7, 11) is -3.66. The third-order valence-electron chi connectivity index (χ3n) is 4.09. The number of nitrogens with two attached hydrogens (primary N) is 1. The van der Waals surface area contributed by atoms with Crippen molar-refractivity contribution in [2.45, 2.75) is 38.3 Å². The second-order valence-electron chi connectivity index (χ2n) is 5.44. The highest BCUT2D eigenvalue weighted by Crippen LogP contribution is 2.34. The van der Waals surface area contributed by atoms with Gasteiger partial charge in [-0.2, -0.15) is 8.42 Å². The van der Waals surface area contributed by atoms with Gasteiger partial charge in [-0.25, -0.2) is 4.98 Å². The molecule has 1 aromatic carbocycles. The normalized spacial score (nSPS) is 14.3. The van der Waals surface area contributed by atoms with Gasteiger partial charge in [-0.05, 0) is 44.4 Å². The fourth-order valence-electron chi connectivity index (χ4n) is 2.90. The van der Waals surface area contributed by atoms with Crippen LogP contribution < -0.4 is 10.0 Å². The van der Waals surface area contributed by atoms with Crippen LogP contribution in [0.3, 0.4) is 0 Å². The summed E-state index contributed by atoms with van der Waals surface area (Å²) in [6.45, 7) is 4.92. The molecule has 1 aliphatic heterocycles. The van der Waals surface area contributed by atoms with Gasteiger partial charge in [-0.1, -0.05) is 6.07 Å². The Balaban J connectivity index is 0.00000192. The second-order valence-corrected chi connectivity index (χ2v) is 7.25. The zero-order valence-corrected chi connectivity index (χ0v) is 14.8. The summed E-state index contributed by atoms with van der Waals surface area (Å²) in [4.78, 5) is 4.23. The van der Waals surface area contributed by atoms with Crippen LogP contribution >= 0.6 is 12.4 Å². The average Bonchev–Trinajstić information content (AvgIpc) is 2.89. The number of halogens is 1. The topological polar surface area (TPSA) is 81.2 Å². The van der Waals surface area contributed by atoms with Crippen LogP contribution in [0.25, 0.3) is 0 Å². The van der Waals surface area contributed by atoms with E-state index in [-0.39, 0.29) is 17.4 Å². The van der Waals surface area contributed by atoms with Crippen molar-refractivity contribution in [1.82, 2.24) is 9.55 Å². The predicted octanol–water partition coefficient (Wildman–Crippen LogP) is 2.36. The molecule has 8 heteroatoms. The molecule has 6 nitrogen and oxygen atoms in total. The van der Waals surface area contributed by atoms with Crippen molar-refractivity contribution in [3.63, 3.8) is 0 Å². The van der Waals surface area contributed by atoms with E-state index < -0.39 is 10.0 Å². The summed E-state index contributed by atoms with van der Waals surface area (Å²) in [5.74, 6) is 0.700. The highest BCUT2D eigenvalue weighted by Gasteiger charge is 2.31. The van der Waals surface area contributed by atoms with Crippen molar-refractivity contribution in [2.24, 2.45) is 0 Å². The van der Waals surface area contributed by atoms with Gasteiger partial charge in [0, 0.05) is 25.0 Å². The molecule has 126 valence electrons. The van der Waals surface area contributed by atoms with Gasteiger partial charge in [-0.15, -0.1) is 12.4 Å². The second kappa shape index (κ2) is 6.41. The van der Waals surface area contributed by atoms with Crippen molar-refractivity contribution in [3.05, 3.63) is 35.8 Å². The Kier molecular flexibility index (Phi) is 4.91. The van der Waals surface area contributed by atoms with Crippen LogP contribution in [0.15, 0.2) is 29.4 Å². The molecule has 0 saturated heterocycles. The molecule has 0 unspecified atom stereocenters. The molecule has 1 aliphatic rings. The maximum absolute atomic E-state index is 13.0. The summed E-state index contributed by atoms with van der Waals surface area (Å²) in [6.07, 6.45) is 3.16. The van der Waals surface area contributed by atoms with Crippen molar-refractivity contribution in [1.29, 1.82) is 0 Å². The largest absolute Gasteiger partial charge is 0.398 e. The van der Waals surface area contributed by atoms with E-state index in [1.807, 2.05) is 30.5 Å². The van der Waals surface area contributed by atoms with Crippen molar-refractivity contribution >= 4 is 33.8 Å². The third-order valence-corrected chi connectivity index (χ3v) is 5.78. The maximum atomic E-state index is 13.0. The first-order valence-corrected chi connectivity index (χ1v) is 8.83. The number of rotatable bonds is 3. The van der Waals surface area contributed by atoms with Crippen LogP contribution in [0.4, 0.5) is 11.4 Å². The van der Waals surface area contributed by atoms with Gasteiger partial charge < -0.3 is 10.3 Å². The molecule has 1 aromatic heterocycles. The lowest BCUT2D eigenvalue weighted by atomic mass is 10.0. The molecule has 0 radical (unpaired) electrons.